The lowest BCUT2D eigenvalue weighted by molar-refractivity contribution is 1.10. The maximum Gasteiger partial charge on any atom is 0.147 e. The van der Waals surface area contributed by atoms with E-state index in [9.17, 15) is 0 Å². The summed E-state index contributed by atoms with van der Waals surface area (Å²) in [6.07, 6.45) is 1.83. The van der Waals surface area contributed by atoms with Crippen LogP contribution < -0.4 is 5.32 Å². The summed E-state index contributed by atoms with van der Waals surface area (Å²) >= 11 is 0. The topological polar surface area (TPSA) is 42.7 Å². The van der Waals surface area contributed by atoms with Crippen molar-refractivity contribution in [3.8, 4) is 50.6 Å². The molecule has 0 fully saturated rings. The summed E-state index contributed by atoms with van der Waals surface area (Å²) in [6, 6.07) is 58.8. The number of pyridine rings is 1. The van der Waals surface area contributed by atoms with E-state index in [-0.39, 0.29) is 0 Å². The molecule has 0 spiro atoms. The normalized spacial score (nSPS) is 11.0. The van der Waals surface area contributed by atoms with E-state index >= 15 is 0 Å². The SMILES string of the molecule is c1ccc(-c2ccccc2-n2c(-c3ccccc3Nc3ccccc3-c3ccccn3)nc3c(-c4ccccc4)cccc32)cc1. The highest BCUT2D eigenvalue weighted by Gasteiger charge is 2.22. The molecule has 4 heteroatoms. The monoisotopic (exact) mass is 590 g/mol. The number of aromatic nitrogens is 3. The number of hydrogen-bond acceptors (Lipinski definition) is 3. The third kappa shape index (κ3) is 5.02. The van der Waals surface area contributed by atoms with Gasteiger partial charge in [0, 0.05) is 39.8 Å². The minimum atomic E-state index is 0.861. The molecule has 1 N–H and O–H groups in total. The first-order chi connectivity index (χ1) is 22.8. The highest BCUT2D eigenvalue weighted by Crippen LogP contribution is 2.40. The molecule has 0 aliphatic rings. The third-order valence-electron chi connectivity index (χ3n) is 8.30. The van der Waals surface area contributed by atoms with E-state index in [2.05, 4.69) is 160 Å². The molecule has 8 aromatic rings. The molecule has 0 aliphatic heterocycles. The molecule has 0 aliphatic carbocycles. The molecular formula is C42H30N4. The summed E-state index contributed by atoms with van der Waals surface area (Å²) in [5.74, 6) is 0.861. The Kier molecular flexibility index (Phi) is 7.14. The summed E-state index contributed by atoms with van der Waals surface area (Å²) in [7, 11) is 0. The summed E-state index contributed by atoms with van der Waals surface area (Å²) in [4.78, 5) is 10.1. The summed E-state index contributed by atoms with van der Waals surface area (Å²) < 4.78 is 2.31. The number of nitrogens with one attached hydrogen (secondary N) is 1. The van der Waals surface area contributed by atoms with Crippen molar-refractivity contribution in [1.29, 1.82) is 0 Å². The van der Waals surface area contributed by atoms with Gasteiger partial charge in [-0.05, 0) is 53.6 Å². The highest BCUT2D eigenvalue weighted by molar-refractivity contribution is 5.98. The minimum Gasteiger partial charge on any atom is -0.354 e. The lowest BCUT2D eigenvalue weighted by Crippen LogP contribution is -2.02. The fourth-order valence-electron chi connectivity index (χ4n) is 6.17. The Morgan fingerprint density at radius 2 is 1.00 bits per heavy atom. The fraction of sp³-hybridized carbons (Fsp3) is 0. The number of nitrogens with zero attached hydrogens (tertiary/aromatic N) is 3. The lowest BCUT2D eigenvalue weighted by atomic mass is 10.0. The summed E-state index contributed by atoms with van der Waals surface area (Å²) in [5, 5.41) is 3.76. The second kappa shape index (κ2) is 12.0. The predicted octanol–water partition coefficient (Wildman–Crippen LogP) is 10.8. The first-order valence-corrected chi connectivity index (χ1v) is 15.4. The van der Waals surface area contributed by atoms with Gasteiger partial charge >= 0.3 is 0 Å². The van der Waals surface area contributed by atoms with Gasteiger partial charge in [0.05, 0.1) is 22.4 Å². The molecule has 0 bridgehead atoms. The first-order valence-electron chi connectivity index (χ1n) is 15.4. The van der Waals surface area contributed by atoms with Crippen LogP contribution in [-0.4, -0.2) is 14.5 Å². The molecule has 0 atom stereocenters. The average Bonchev–Trinajstić information content (AvgIpc) is 3.53. The Labute approximate surface area is 268 Å². The predicted molar refractivity (Wildman–Crippen MR) is 190 cm³/mol. The van der Waals surface area contributed by atoms with Crippen LogP contribution in [-0.2, 0) is 0 Å². The molecular weight excluding hydrogens is 560 g/mol. The molecule has 8 rings (SSSR count). The van der Waals surface area contributed by atoms with Crippen LogP contribution in [0, 0.1) is 0 Å². The van der Waals surface area contributed by atoms with Gasteiger partial charge in [0.25, 0.3) is 0 Å². The van der Waals surface area contributed by atoms with Gasteiger partial charge in [-0.2, -0.15) is 0 Å². The van der Waals surface area contributed by atoms with Crippen LogP contribution >= 0.6 is 0 Å². The first kappa shape index (κ1) is 27.3. The van der Waals surface area contributed by atoms with Gasteiger partial charge in [-0.15, -0.1) is 0 Å². The zero-order valence-electron chi connectivity index (χ0n) is 25.1. The number of rotatable bonds is 7. The van der Waals surface area contributed by atoms with Crippen molar-refractivity contribution < 1.29 is 0 Å². The van der Waals surface area contributed by atoms with Crippen molar-refractivity contribution >= 4 is 22.4 Å². The number of benzene rings is 6. The molecule has 0 amide bonds. The maximum atomic E-state index is 5.46. The Morgan fingerprint density at radius 1 is 0.435 bits per heavy atom. The zero-order valence-corrected chi connectivity index (χ0v) is 25.1. The summed E-state index contributed by atoms with van der Waals surface area (Å²) in [6.45, 7) is 0. The Morgan fingerprint density at radius 3 is 1.72 bits per heavy atom. The van der Waals surface area contributed by atoms with E-state index in [0.29, 0.717) is 0 Å². The number of hydrogen-bond donors (Lipinski definition) is 1. The van der Waals surface area contributed by atoms with E-state index in [0.717, 1.165) is 73.0 Å². The third-order valence-corrected chi connectivity index (χ3v) is 8.30. The van der Waals surface area contributed by atoms with Gasteiger partial charge in [-0.1, -0.05) is 127 Å². The van der Waals surface area contributed by atoms with E-state index in [4.69, 9.17) is 4.98 Å². The van der Waals surface area contributed by atoms with Gasteiger partial charge in [-0.3, -0.25) is 9.55 Å². The molecule has 2 aromatic heterocycles. The van der Waals surface area contributed by atoms with Crippen molar-refractivity contribution in [1.82, 2.24) is 14.5 Å². The van der Waals surface area contributed by atoms with Gasteiger partial charge < -0.3 is 5.32 Å². The van der Waals surface area contributed by atoms with Gasteiger partial charge in [0.15, 0.2) is 0 Å². The molecule has 0 saturated heterocycles. The van der Waals surface area contributed by atoms with Crippen LogP contribution in [0.2, 0.25) is 0 Å². The van der Waals surface area contributed by atoms with Crippen molar-refractivity contribution in [3.63, 3.8) is 0 Å². The number of anilines is 2. The maximum absolute atomic E-state index is 5.46. The average molecular weight is 591 g/mol. The van der Waals surface area contributed by atoms with Crippen LogP contribution in [0.3, 0.4) is 0 Å². The van der Waals surface area contributed by atoms with Crippen LogP contribution in [0.1, 0.15) is 0 Å². The second-order valence-electron chi connectivity index (χ2n) is 11.1. The van der Waals surface area contributed by atoms with Crippen LogP contribution in [0.25, 0.3) is 61.6 Å². The zero-order chi connectivity index (χ0) is 30.7. The van der Waals surface area contributed by atoms with E-state index < -0.39 is 0 Å². The molecule has 218 valence electrons. The van der Waals surface area contributed by atoms with Crippen LogP contribution in [0.15, 0.2) is 176 Å². The van der Waals surface area contributed by atoms with Crippen molar-refractivity contribution in [2.24, 2.45) is 0 Å². The molecule has 0 unspecified atom stereocenters. The molecule has 4 nitrogen and oxygen atoms in total. The fourth-order valence-corrected chi connectivity index (χ4v) is 6.17. The largest absolute Gasteiger partial charge is 0.354 e. The number of fused-ring (bicyclic) bond motifs is 1. The smallest absolute Gasteiger partial charge is 0.147 e. The van der Waals surface area contributed by atoms with Crippen LogP contribution in [0.4, 0.5) is 11.4 Å². The lowest BCUT2D eigenvalue weighted by Gasteiger charge is -2.18. The molecule has 0 saturated carbocycles. The number of para-hydroxylation sites is 4. The molecule has 2 heterocycles. The second-order valence-corrected chi connectivity index (χ2v) is 11.1. The Bertz CT molecular complexity index is 2270. The number of imidazole rings is 1. The van der Waals surface area contributed by atoms with Crippen molar-refractivity contribution in [2.75, 3.05) is 5.32 Å². The van der Waals surface area contributed by atoms with Gasteiger partial charge in [0.1, 0.15) is 5.82 Å². The van der Waals surface area contributed by atoms with Crippen molar-refractivity contribution in [2.45, 2.75) is 0 Å². The van der Waals surface area contributed by atoms with Crippen LogP contribution in [0.5, 0.6) is 0 Å². The Balaban J connectivity index is 1.37. The summed E-state index contributed by atoms with van der Waals surface area (Å²) in [5.41, 5.74) is 12.5. The van der Waals surface area contributed by atoms with E-state index in [1.165, 1.54) is 0 Å². The molecule has 6 aromatic carbocycles. The van der Waals surface area contributed by atoms with Crippen molar-refractivity contribution in [3.05, 3.63) is 176 Å². The van der Waals surface area contributed by atoms with Gasteiger partial charge in [-0.25, -0.2) is 4.98 Å². The molecule has 0 radical (unpaired) electrons. The van der Waals surface area contributed by atoms with E-state index in [1.807, 2.05) is 30.5 Å². The standard InChI is InChI=1S/C42H30N4/c1-3-16-30(17-4-1)32-20-9-12-27-39(32)46-40-28-15-23-33(31-18-5-2-6-19-31)41(40)45-42(46)35-22-8-11-26-38(35)44-37-25-10-7-21-34(37)36-24-13-14-29-43-36/h1-29,44H. The van der Waals surface area contributed by atoms with Gasteiger partial charge in [0.2, 0.25) is 0 Å². The van der Waals surface area contributed by atoms with E-state index in [1.54, 1.807) is 0 Å². The highest BCUT2D eigenvalue weighted by atomic mass is 15.1. The quantitative estimate of drug-likeness (QED) is 0.201. The Hall–Kier alpha value is -6.26. The minimum absolute atomic E-state index is 0.861. The molecule has 46 heavy (non-hydrogen) atoms.